The van der Waals surface area contributed by atoms with Gasteiger partial charge in [0.1, 0.15) is 23.4 Å². The fraction of sp³-hybridized carbons (Fsp3) is 0.526. The third-order valence-electron chi connectivity index (χ3n) is 6.27. The number of fused-ring (bicyclic) bond motifs is 2. The molecule has 2 fully saturated rings. The van der Waals surface area contributed by atoms with Crippen LogP contribution in [0.3, 0.4) is 0 Å². The Morgan fingerprint density at radius 1 is 1.33 bits per heavy atom. The summed E-state index contributed by atoms with van der Waals surface area (Å²) in [6.07, 6.45) is 1.80. The number of methoxy groups -OCH3 is 1. The van der Waals surface area contributed by atoms with E-state index in [1.807, 2.05) is 19.9 Å². The molecule has 0 aliphatic heterocycles. The van der Waals surface area contributed by atoms with Crippen molar-refractivity contribution in [2.75, 3.05) is 12.9 Å². The van der Waals surface area contributed by atoms with Crippen molar-refractivity contribution in [1.82, 2.24) is 0 Å². The minimum atomic E-state index is -4.12. The lowest BCUT2D eigenvalue weighted by atomic mass is 9.70. The lowest BCUT2D eigenvalue weighted by molar-refractivity contribution is -0.128. The largest absolute Gasteiger partial charge is 0.497 e. The molecule has 0 radical (unpaired) electrons. The molecule has 2 aliphatic carbocycles. The summed E-state index contributed by atoms with van der Waals surface area (Å²) >= 11 is 0. The van der Waals surface area contributed by atoms with E-state index in [-0.39, 0.29) is 17.4 Å². The van der Waals surface area contributed by atoms with E-state index in [1.54, 1.807) is 24.3 Å². The Bertz CT molecular complexity index is 928. The summed E-state index contributed by atoms with van der Waals surface area (Å²) < 4.78 is 34.9. The average molecular weight is 390 g/mol. The summed E-state index contributed by atoms with van der Waals surface area (Å²) in [4.78, 5) is 12.5. The Hall–Kier alpha value is -2.40. The zero-order chi connectivity index (χ0) is 19.9. The fourth-order valence-corrected chi connectivity index (χ4v) is 5.94. The standard InChI is InChI=1S/C19H22N2O5S/c1-18(2)14-8-9-19(18,17(22)10-14)12-27(23,24)26-21-16(11-20)13-4-6-15(25-3)7-5-13/h4-7,14H,8-10,12H2,1-3H3/b21-16+. The van der Waals surface area contributed by atoms with Gasteiger partial charge < -0.3 is 4.74 Å². The molecule has 2 atom stereocenters. The Morgan fingerprint density at radius 3 is 2.48 bits per heavy atom. The van der Waals surface area contributed by atoms with Gasteiger partial charge in [-0.15, -0.1) is 0 Å². The van der Waals surface area contributed by atoms with Gasteiger partial charge in [-0.1, -0.05) is 19.0 Å². The third kappa shape index (κ3) is 3.21. The SMILES string of the molecule is COc1ccc(/C(C#N)=N/OS(=O)(=O)CC23CCC(CC2=O)C3(C)C)cc1. The van der Waals surface area contributed by atoms with Gasteiger partial charge in [0.2, 0.25) is 0 Å². The minimum Gasteiger partial charge on any atom is -0.497 e. The molecule has 1 aromatic rings. The van der Waals surface area contributed by atoms with Crippen LogP contribution in [0.1, 0.15) is 38.7 Å². The Kier molecular flexibility index (Phi) is 4.76. The van der Waals surface area contributed by atoms with Crippen molar-refractivity contribution < 1.29 is 22.2 Å². The van der Waals surface area contributed by atoms with Crippen LogP contribution in [-0.2, 0) is 19.2 Å². The van der Waals surface area contributed by atoms with Gasteiger partial charge in [-0.2, -0.15) is 13.7 Å². The molecular weight excluding hydrogens is 368 g/mol. The highest BCUT2D eigenvalue weighted by Crippen LogP contribution is 2.64. The normalized spacial score (nSPS) is 26.7. The molecule has 3 rings (SSSR count). The maximum Gasteiger partial charge on any atom is 0.329 e. The van der Waals surface area contributed by atoms with Crippen molar-refractivity contribution in [3.63, 3.8) is 0 Å². The van der Waals surface area contributed by atoms with Gasteiger partial charge in [-0.05, 0) is 48.4 Å². The highest BCUT2D eigenvalue weighted by Gasteiger charge is 2.65. The van der Waals surface area contributed by atoms with Crippen LogP contribution < -0.4 is 4.74 Å². The van der Waals surface area contributed by atoms with Gasteiger partial charge in [0.05, 0.1) is 12.5 Å². The van der Waals surface area contributed by atoms with E-state index < -0.39 is 26.7 Å². The maximum atomic E-state index is 12.5. The average Bonchev–Trinajstić information content (AvgIpc) is 2.96. The quantitative estimate of drug-likeness (QED) is 0.546. The molecule has 0 saturated heterocycles. The smallest absolute Gasteiger partial charge is 0.329 e. The molecule has 144 valence electrons. The topological polar surface area (TPSA) is 106 Å². The number of Topliss-reactive ketones (excluding diaryl/α,β-unsaturated/α-hetero) is 1. The molecule has 0 aromatic heterocycles. The fourth-order valence-electron chi connectivity index (χ4n) is 4.42. The van der Waals surface area contributed by atoms with Gasteiger partial charge in [-0.25, -0.2) is 0 Å². The first-order valence-electron chi connectivity index (χ1n) is 8.72. The van der Waals surface area contributed by atoms with Crippen LogP contribution >= 0.6 is 0 Å². The van der Waals surface area contributed by atoms with E-state index in [9.17, 15) is 18.5 Å². The summed E-state index contributed by atoms with van der Waals surface area (Å²) in [5.74, 6) is 0.377. The number of hydrogen-bond donors (Lipinski definition) is 0. The molecule has 0 spiro atoms. The lowest BCUT2D eigenvalue weighted by Crippen LogP contribution is -2.42. The van der Waals surface area contributed by atoms with Crippen molar-refractivity contribution in [1.29, 1.82) is 5.26 Å². The molecule has 0 N–H and O–H groups in total. The Balaban J connectivity index is 1.80. The number of carbonyl (C=O) groups excluding carboxylic acids is 1. The minimum absolute atomic E-state index is 0.0180. The summed E-state index contributed by atoms with van der Waals surface area (Å²) in [7, 11) is -2.61. The number of hydrogen-bond acceptors (Lipinski definition) is 7. The van der Waals surface area contributed by atoms with Crippen LogP contribution in [0.15, 0.2) is 29.4 Å². The number of ketones is 1. The van der Waals surface area contributed by atoms with Crippen molar-refractivity contribution in [3.05, 3.63) is 29.8 Å². The third-order valence-corrected chi connectivity index (χ3v) is 7.42. The van der Waals surface area contributed by atoms with Crippen LogP contribution in [-0.4, -0.2) is 32.8 Å². The number of rotatable bonds is 6. The summed E-state index contributed by atoms with van der Waals surface area (Å²) in [5, 5.41) is 12.8. The van der Waals surface area contributed by atoms with E-state index in [1.165, 1.54) is 7.11 Å². The van der Waals surface area contributed by atoms with Gasteiger partial charge in [0, 0.05) is 12.0 Å². The molecule has 7 nitrogen and oxygen atoms in total. The van der Waals surface area contributed by atoms with Gasteiger partial charge in [0.25, 0.3) is 0 Å². The van der Waals surface area contributed by atoms with Crippen LogP contribution in [0.2, 0.25) is 0 Å². The van der Waals surface area contributed by atoms with Crippen molar-refractivity contribution in [3.8, 4) is 11.8 Å². The molecule has 0 heterocycles. The molecule has 1 aromatic carbocycles. The van der Waals surface area contributed by atoms with E-state index >= 15 is 0 Å². The highest BCUT2D eigenvalue weighted by atomic mass is 32.2. The van der Waals surface area contributed by atoms with E-state index in [0.29, 0.717) is 24.2 Å². The molecule has 2 bridgehead atoms. The second-order valence-electron chi connectivity index (χ2n) is 7.72. The van der Waals surface area contributed by atoms with Crippen molar-refractivity contribution in [2.24, 2.45) is 21.9 Å². The molecule has 2 saturated carbocycles. The summed E-state index contributed by atoms with van der Waals surface area (Å²) in [5.41, 5.74) is -1.08. The van der Waals surface area contributed by atoms with E-state index in [2.05, 4.69) is 5.16 Å². The number of carbonyl (C=O) groups is 1. The lowest BCUT2D eigenvalue weighted by Gasteiger charge is -2.35. The monoisotopic (exact) mass is 390 g/mol. The van der Waals surface area contributed by atoms with Crippen molar-refractivity contribution >= 4 is 21.6 Å². The molecular formula is C19H22N2O5S. The summed E-state index contributed by atoms with van der Waals surface area (Å²) in [6, 6.07) is 8.27. The Labute approximate surface area is 159 Å². The first-order valence-corrected chi connectivity index (χ1v) is 10.3. The van der Waals surface area contributed by atoms with Crippen LogP contribution in [0, 0.1) is 28.1 Å². The zero-order valence-electron chi connectivity index (χ0n) is 15.6. The first kappa shape index (κ1) is 19.4. The van der Waals surface area contributed by atoms with E-state index in [4.69, 9.17) is 9.02 Å². The first-order chi connectivity index (χ1) is 12.6. The van der Waals surface area contributed by atoms with Gasteiger partial charge in [0.15, 0.2) is 5.71 Å². The molecule has 2 unspecified atom stereocenters. The molecule has 27 heavy (non-hydrogen) atoms. The molecule has 0 amide bonds. The highest BCUT2D eigenvalue weighted by molar-refractivity contribution is 7.86. The van der Waals surface area contributed by atoms with Crippen LogP contribution in [0.5, 0.6) is 5.75 Å². The van der Waals surface area contributed by atoms with Crippen LogP contribution in [0.4, 0.5) is 0 Å². The second-order valence-corrected chi connectivity index (χ2v) is 9.28. The number of nitrogens with zero attached hydrogens (tertiary/aromatic N) is 2. The molecule has 2 aliphatic rings. The second kappa shape index (κ2) is 6.64. The Morgan fingerprint density at radius 2 is 2.00 bits per heavy atom. The number of ether oxygens (including phenoxy) is 1. The van der Waals surface area contributed by atoms with Crippen molar-refractivity contribution in [2.45, 2.75) is 33.1 Å². The predicted molar refractivity (Wildman–Crippen MR) is 98.6 cm³/mol. The zero-order valence-corrected chi connectivity index (χ0v) is 16.4. The van der Waals surface area contributed by atoms with Gasteiger partial charge >= 0.3 is 10.1 Å². The summed E-state index contributed by atoms with van der Waals surface area (Å²) in [6.45, 7) is 3.90. The number of benzene rings is 1. The van der Waals surface area contributed by atoms with Crippen LogP contribution in [0.25, 0.3) is 0 Å². The number of nitriles is 1. The molecule has 8 heteroatoms. The number of oxime groups is 1. The van der Waals surface area contributed by atoms with Gasteiger partial charge in [-0.3, -0.25) is 9.08 Å². The maximum absolute atomic E-state index is 12.5. The predicted octanol–water partition coefficient (Wildman–Crippen LogP) is 2.66. The van der Waals surface area contributed by atoms with E-state index in [0.717, 1.165) is 6.42 Å².